The number of likely N-dealkylation sites (tertiary alicyclic amines) is 1. The topological polar surface area (TPSA) is 150 Å². The Kier molecular flexibility index (Phi) is 7.77. The highest BCUT2D eigenvalue weighted by Gasteiger charge is 2.67. The normalized spacial score (nSPS) is 27.2. The molecule has 262 valence electrons. The lowest BCUT2D eigenvalue weighted by Crippen LogP contribution is -2.48. The number of aryl methyl sites for hydroxylation is 2. The second-order valence-corrected chi connectivity index (χ2v) is 15.8. The number of carbonyl (C=O) groups is 5. The number of carboxylic acids is 1. The summed E-state index contributed by atoms with van der Waals surface area (Å²) < 4.78 is 2.59. The van der Waals surface area contributed by atoms with Crippen molar-refractivity contribution >= 4 is 68.4 Å². The molecule has 2 aliphatic carbocycles. The summed E-state index contributed by atoms with van der Waals surface area (Å²) in [5, 5.41) is 25.7. The molecule has 1 saturated carbocycles. The van der Waals surface area contributed by atoms with Crippen LogP contribution >= 0.6 is 22.9 Å². The molecule has 8 rings (SSSR count). The van der Waals surface area contributed by atoms with Gasteiger partial charge in [0.1, 0.15) is 17.3 Å². The van der Waals surface area contributed by atoms with Crippen LogP contribution in [0.3, 0.4) is 0 Å². The number of rotatable bonds is 7. The Morgan fingerprint density at radius 1 is 1.04 bits per heavy atom. The minimum Gasteiger partial charge on any atom is -0.508 e. The van der Waals surface area contributed by atoms with Crippen LogP contribution in [0.1, 0.15) is 49.7 Å². The van der Waals surface area contributed by atoms with Crippen molar-refractivity contribution in [1.29, 1.82) is 0 Å². The number of aromatic nitrogens is 2. The number of fused-ring (bicyclic) bond motifs is 5. The van der Waals surface area contributed by atoms with Crippen LogP contribution in [-0.4, -0.2) is 61.0 Å². The highest BCUT2D eigenvalue weighted by Crippen LogP contribution is 2.63. The predicted molar refractivity (Wildman–Crippen MR) is 190 cm³/mol. The van der Waals surface area contributed by atoms with Gasteiger partial charge in [0.15, 0.2) is 0 Å². The van der Waals surface area contributed by atoms with Gasteiger partial charge in [-0.25, -0.2) is 4.90 Å². The van der Waals surface area contributed by atoms with Crippen molar-refractivity contribution in [3.63, 3.8) is 0 Å². The summed E-state index contributed by atoms with van der Waals surface area (Å²) in [6, 6.07) is 14.1. The molecule has 6 atom stereocenters. The van der Waals surface area contributed by atoms with Crippen LogP contribution in [0, 0.1) is 36.0 Å². The Labute approximate surface area is 302 Å². The standard InChI is InChI=1S/C38H35ClN4O7S/c1-18-24-15-20(39)8-13-28(24)51-33(18)27-17-29(41(3)40-27)43-35(48)26-16-25-22(32(38(26,2)37(43)50)19-6-9-21(44)10-7-19)11-12-23-31(25)36(49)42(34(23)47)14-4-5-30(45)46/h6-11,13,15,17,23,25-26,31-32,44H,4-5,12,14,16H2,1-3H3,(H,45,46)/t23-,25+,26-,31-,32-,38+/m0/s1. The van der Waals surface area contributed by atoms with Gasteiger partial charge in [-0.1, -0.05) is 35.4 Å². The molecule has 2 aliphatic heterocycles. The molecule has 51 heavy (non-hydrogen) atoms. The van der Waals surface area contributed by atoms with Gasteiger partial charge in [-0.2, -0.15) is 5.10 Å². The van der Waals surface area contributed by atoms with Crippen molar-refractivity contribution in [3.05, 3.63) is 76.3 Å². The number of phenols is 1. The van der Waals surface area contributed by atoms with Crippen LogP contribution in [0.5, 0.6) is 5.75 Å². The maximum atomic E-state index is 14.9. The number of anilines is 1. The average molecular weight is 727 g/mol. The zero-order chi connectivity index (χ0) is 36.1. The first-order valence-corrected chi connectivity index (χ1v) is 18.2. The molecule has 0 unspecified atom stereocenters. The number of halogens is 1. The molecule has 2 aromatic heterocycles. The third-order valence-corrected chi connectivity index (χ3v) is 13.1. The molecule has 11 nitrogen and oxygen atoms in total. The molecular weight excluding hydrogens is 692 g/mol. The lowest BCUT2D eigenvalue weighted by atomic mass is 9.51. The predicted octanol–water partition coefficient (Wildman–Crippen LogP) is 6.06. The molecule has 4 aromatic rings. The van der Waals surface area contributed by atoms with Gasteiger partial charge in [0.2, 0.25) is 23.6 Å². The number of allylic oxidation sites excluding steroid dienone is 2. The highest BCUT2D eigenvalue weighted by atomic mass is 35.5. The van der Waals surface area contributed by atoms with E-state index in [2.05, 4.69) is 0 Å². The largest absolute Gasteiger partial charge is 0.508 e. The summed E-state index contributed by atoms with van der Waals surface area (Å²) in [5.74, 6) is -5.34. The zero-order valence-electron chi connectivity index (χ0n) is 28.1. The number of aliphatic carboxylic acids is 1. The van der Waals surface area contributed by atoms with Crippen molar-refractivity contribution < 1.29 is 34.2 Å². The molecular formula is C38H35ClN4O7S. The monoisotopic (exact) mass is 726 g/mol. The van der Waals surface area contributed by atoms with E-state index in [0.717, 1.165) is 31.7 Å². The maximum absolute atomic E-state index is 14.9. The van der Waals surface area contributed by atoms with E-state index in [1.807, 2.05) is 38.1 Å². The number of amides is 4. The van der Waals surface area contributed by atoms with Crippen LogP contribution in [0.15, 0.2) is 60.2 Å². The van der Waals surface area contributed by atoms with E-state index < -0.39 is 46.9 Å². The smallest absolute Gasteiger partial charge is 0.303 e. The van der Waals surface area contributed by atoms with Crippen LogP contribution < -0.4 is 4.90 Å². The summed E-state index contributed by atoms with van der Waals surface area (Å²) in [6.45, 7) is 3.82. The summed E-state index contributed by atoms with van der Waals surface area (Å²) in [6.07, 6.45) is 2.44. The number of hydrogen-bond acceptors (Lipinski definition) is 8. The Bertz CT molecular complexity index is 2220. The first-order chi connectivity index (χ1) is 24.3. The van der Waals surface area contributed by atoms with Crippen LogP contribution in [0.25, 0.3) is 20.7 Å². The Morgan fingerprint density at radius 3 is 2.51 bits per heavy atom. The Hall–Kier alpha value is -4.81. The van der Waals surface area contributed by atoms with Crippen molar-refractivity contribution in [2.45, 2.75) is 45.4 Å². The molecule has 2 saturated heterocycles. The molecule has 4 amide bonds. The molecule has 13 heteroatoms. The molecule has 0 radical (unpaired) electrons. The minimum absolute atomic E-state index is 0.0158. The number of aromatic hydroxyl groups is 1. The average Bonchev–Trinajstić information content (AvgIpc) is 3.76. The third kappa shape index (κ3) is 4.90. The number of carbonyl (C=O) groups excluding carboxylic acids is 4. The van der Waals surface area contributed by atoms with Gasteiger partial charge in [-0.05, 0) is 85.9 Å². The quantitative estimate of drug-likeness (QED) is 0.172. The number of thiophene rings is 1. The first-order valence-electron chi connectivity index (χ1n) is 17.0. The van der Waals surface area contributed by atoms with E-state index in [4.69, 9.17) is 21.8 Å². The van der Waals surface area contributed by atoms with E-state index in [1.54, 1.807) is 53.4 Å². The van der Waals surface area contributed by atoms with Gasteiger partial charge >= 0.3 is 5.97 Å². The van der Waals surface area contributed by atoms with Gasteiger partial charge in [0.05, 0.1) is 28.0 Å². The maximum Gasteiger partial charge on any atom is 0.303 e. The zero-order valence-corrected chi connectivity index (χ0v) is 29.7. The second kappa shape index (κ2) is 11.9. The van der Waals surface area contributed by atoms with E-state index in [0.29, 0.717) is 23.0 Å². The fourth-order valence-corrected chi connectivity index (χ4v) is 10.5. The number of carboxylic acid groups (broad SMARTS) is 1. The molecule has 4 aliphatic rings. The number of benzene rings is 2. The van der Waals surface area contributed by atoms with Crippen LogP contribution in [-0.2, 0) is 31.0 Å². The highest BCUT2D eigenvalue weighted by molar-refractivity contribution is 7.22. The van der Waals surface area contributed by atoms with Gasteiger partial charge in [0.25, 0.3) is 0 Å². The SMILES string of the molecule is Cc1c(-c2cc(N3C(=O)[C@@H]4C[C@@H]5C(=CC[C@@H]6C(=O)N(CCCC(=O)O)C(=O)[C@@H]65)[C@H](c5ccc(O)cc5)[C@]4(C)C3=O)n(C)n2)sc2ccc(Cl)cc12. The van der Waals surface area contributed by atoms with Crippen molar-refractivity contribution in [1.82, 2.24) is 14.7 Å². The van der Waals surface area contributed by atoms with Crippen LogP contribution in [0.4, 0.5) is 5.82 Å². The van der Waals surface area contributed by atoms with Gasteiger partial charge < -0.3 is 10.2 Å². The fraction of sp³-hybridized carbons (Fsp3) is 0.368. The minimum atomic E-state index is -1.25. The number of imide groups is 2. The van der Waals surface area contributed by atoms with E-state index in [-0.39, 0.29) is 49.3 Å². The second-order valence-electron chi connectivity index (χ2n) is 14.3. The van der Waals surface area contributed by atoms with Crippen molar-refractivity contribution in [2.24, 2.45) is 36.1 Å². The molecule has 2 aromatic carbocycles. The summed E-state index contributed by atoms with van der Waals surface area (Å²) in [7, 11) is 1.70. The van der Waals surface area contributed by atoms with Gasteiger partial charge in [0, 0.05) is 41.7 Å². The lowest BCUT2D eigenvalue weighted by molar-refractivity contribution is -0.142. The van der Waals surface area contributed by atoms with Gasteiger partial charge in [-0.15, -0.1) is 11.3 Å². The van der Waals surface area contributed by atoms with E-state index in [1.165, 1.54) is 9.80 Å². The lowest BCUT2D eigenvalue weighted by Gasteiger charge is -2.49. The Balaban J connectivity index is 1.20. The summed E-state index contributed by atoms with van der Waals surface area (Å²) in [5.41, 5.74) is 1.92. The first kappa shape index (κ1) is 33.3. The van der Waals surface area contributed by atoms with Crippen molar-refractivity contribution in [3.8, 4) is 16.3 Å². The van der Waals surface area contributed by atoms with Crippen LogP contribution in [0.2, 0.25) is 5.02 Å². The molecule has 2 N–H and O–H groups in total. The summed E-state index contributed by atoms with van der Waals surface area (Å²) in [4.78, 5) is 71.6. The number of hydrogen-bond donors (Lipinski definition) is 2. The summed E-state index contributed by atoms with van der Waals surface area (Å²) >= 11 is 7.84. The molecule has 3 fully saturated rings. The number of phenolic OH excluding ortho intramolecular Hbond substituents is 1. The molecule has 4 heterocycles. The Morgan fingerprint density at radius 2 is 1.78 bits per heavy atom. The van der Waals surface area contributed by atoms with Crippen molar-refractivity contribution in [2.75, 3.05) is 11.4 Å². The number of nitrogens with zero attached hydrogens (tertiary/aromatic N) is 4. The van der Waals surface area contributed by atoms with Gasteiger partial charge in [-0.3, -0.25) is 33.6 Å². The molecule has 0 spiro atoms. The fourth-order valence-electron chi connectivity index (χ4n) is 9.17. The molecule has 0 bridgehead atoms. The van der Waals surface area contributed by atoms with E-state index in [9.17, 15) is 29.1 Å². The van der Waals surface area contributed by atoms with E-state index >= 15 is 0 Å². The third-order valence-electron chi connectivity index (χ3n) is 11.6.